The molecule has 0 radical (unpaired) electrons. The number of benzene rings is 1. The van der Waals surface area contributed by atoms with E-state index in [2.05, 4.69) is 13.8 Å². The lowest BCUT2D eigenvalue weighted by atomic mass is 10.0. The molecule has 1 amide bonds. The summed E-state index contributed by atoms with van der Waals surface area (Å²) in [5, 5.41) is 0. The topological polar surface area (TPSA) is 74.8 Å². The maximum atomic E-state index is 12.7. The molecule has 0 spiro atoms. The van der Waals surface area contributed by atoms with Crippen molar-refractivity contribution in [3.05, 3.63) is 29.8 Å². The van der Waals surface area contributed by atoms with Crippen LogP contribution in [0.2, 0.25) is 0 Å². The normalized spacial score (nSPS) is 16.2. The van der Waals surface area contributed by atoms with Crippen molar-refractivity contribution in [1.82, 2.24) is 9.21 Å². The van der Waals surface area contributed by atoms with Gasteiger partial charge in [0.05, 0.1) is 4.90 Å². The lowest BCUT2D eigenvalue weighted by Gasteiger charge is -2.34. The Balaban J connectivity index is 1.99. The molecule has 0 aliphatic carbocycles. The van der Waals surface area contributed by atoms with E-state index in [1.807, 2.05) is 12.1 Å². The highest BCUT2D eigenvalue weighted by atomic mass is 32.2. The molecular formula is C18H26N2O4S. The van der Waals surface area contributed by atoms with Crippen LogP contribution in [-0.2, 0) is 19.6 Å². The van der Waals surface area contributed by atoms with Gasteiger partial charge in [0.1, 0.15) is 5.78 Å². The molecule has 0 atom stereocenters. The lowest BCUT2D eigenvalue weighted by Crippen LogP contribution is -2.50. The average Bonchev–Trinajstić information content (AvgIpc) is 2.59. The fourth-order valence-electron chi connectivity index (χ4n) is 2.79. The molecule has 0 saturated carbocycles. The molecule has 25 heavy (non-hydrogen) atoms. The Kier molecular flexibility index (Phi) is 6.35. The number of sulfonamides is 1. The minimum Gasteiger partial charge on any atom is -0.340 e. The Hall–Kier alpha value is -1.73. The van der Waals surface area contributed by atoms with E-state index in [1.54, 1.807) is 17.0 Å². The second-order valence-electron chi connectivity index (χ2n) is 6.71. The Morgan fingerprint density at radius 1 is 1.00 bits per heavy atom. The number of rotatable bonds is 6. The zero-order valence-electron chi connectivity index (χ0n) is 15.1. The van der Waals surface area contributed by atoms with Crippen LogP contribution in [-0.4, -0.2) is 55.5 Å². The first-order valence-electron chi connectivity index (χ1n) is 8.59. The fourth-order valence-corrected chi connectivity index (χ4v) is 4.21. The first-order chi connectivity index (χ1) is 11.7. The molecule has 1 aliphatic heterocycles. The summed E-state index contributed by atoms with van der Waals surface area (Å²) >= 11 is 0. The van der Waals surface area contributed by atoms with Crippen LogP contribution in [0.15, 0.2) is 29.2 Å². The molecule has 7 heteroatoms. The monoisotopic (exact) mass is 366 g/mol. The third-order valence-electron chi connectivity index (χ3n) is 4.47. The minimum absolute atomic E-state index is 0.0144. The number of carbonyl (C=O) groups is 2. The summed E-state index contributed by atoms with van der Waals surface area (Å²) in [7, 11) is -3.54. The summed E-state index contributed by atoms with van der Waals surface area (Å²) < 4.78 is 26.9. The molecule has 1 heterocycles. The van der Waals surface area contributed by atoms with E-state index in [-0.39, 0.29) is 42.5 Å². The van der Waals surface area contributed by atoms with Crippen LogP contribution in [0.1, 0.15) is 45.1 Å². The third kappa shape index (κ3) is 4.89. The van der Waals surface area contributed by atoms with Crippen LogP contribution < -0.4 is 0 Å². The predicted molar refractivity (Wildman–Crippen MR) is 95.8 cm³/mol. The van der Waals surface area contributed by atoms with Gasteiger partial charge in [-0.3, -0.25) is 4.79 Å². The van der Waals surface area contributed by atoms with Gasteiger partial charge in [-0.15, -0.1) is 0 Å². The van der Waals surface area contributed by atoms with Gasteiger partial charge in [0.2, 0.25) is 15.9 Å². The highest BCUT2D eigenvalue weighted by molar-refractivity contribution is 7.89. The van der Waals surface area contributed by atoms with Gasteiger partial charge in [-0.1, -0.05) is 26.0 Å². The molecule has 138 valence electrons. The molecule has 1 fully saturated rings. The standard InChI is InChI=1S/C18H26N2O4S/c1-14(2)16-5-7-17(8-6-16)25(23,24)20-12-10-19(11-13-20)18(22)9-4-15(3)21/h5-8,14H,4,9-13H2,1-3H3. The first-order valence-corrected chi connectivity index (χ1v) is 10.0. The van der Waals surface area contributed by atoms with Crippen LogP contribution >= 0.6 is 0 Å². The molecule has 1 aromatic carbocycles. The van der Waals surface area contributed by atoms with Gasteiger partial charge in [-0.25, -0.2) is 8.42 Å². The van der Waals surface area contributed by atoms with Crippen LogP contribution in [0.5, 0.6) is 0 Å². The number of hydrogen-bond donors (Lipinski definition) is 0. The Labute approximate surface area is 149 Å². The number of nitrogens with zero attached hydrogens (tertiary/aromatic N) is 2. The summed E-state index contributed by atoms with van der Waals surface area (Å²) in [6.45, 7) is 6.86. The summed E-state index contributed by atoms with van der Waals surface area (Å²) in [5.74, 6) is 0.245. The maximum absolute atomic E-state index is 12.7. The van der Waals surface area contributed by atoms with Crippen molar-refractivity contribution in [1.29, 1.82) is 0 Å². The quantitative estimate of drug-likeness (QED) is 0.772. The number of ketones is 1. The number of hydrogen-bond acceptors (Lipinski definition) is 4. The maximum Gasteiger partial charge on any atom is 0.243 e. The third-order valence-corrected chi connectivity index (χ3v) is 6.38. The summed E-state index contributed by atoms with van der Waals surface area (Å²) in [4.78, 5) is 24.9. The van der Waals surface area contributed by atoms with E-state index < -0.39 is 10.0 Å². The van der Waals surface area contributed by atoms with Crippen molar-refractivity contribution in [2.75, 3.05) is 26.2 Å². The van der Waals surface area contributed by atoms with Gasteiger partial charge < -0.3 is 9.69 Å². The van der Waals surface area contributed by atoms with E-state index in [0.29, 0.717) is 19.0 Å². The van der Waals surface area contributed by atoms with Gasteiger partial charge in [0.25, 0.3) is 0 Å². The van der Waals surface area contributed by atoms with Gasteiger partial charge in [-0.05, 0) is 30.5 Å². The van der Waals surface area contributed by atoms with Crippen LogP contribution in [0.4, 0.5) is 0 Å². The number of carbonyl (C=O) groups excluding carboxylic acids is 2. The Morgan fingerprint density at radius 3 is 2.04 bits per heavy atom. The van der Waals surface area contributed by atoms with Gasteiger partial charge >= 0.3 is 0 Å². The Bertz CT molecular complexity index is 718. The number of Topliss-reactive ketones (excluding diaryl/α,β-unsaturated/α-hetero) is 1. The molecule has 0 bridgehead atoms. The highest BCUT2D eigenvalue weighted by Gasteiger charge is 2.30. The van der Waals surface area contributed by atoms with Crippen molar-refractivity contribution < 1.29 is 18.0 Å². The van der Waals surface area contributed by atoms with E-state index in [9.17, 15) is 18.0 Å². The SMILES string of the molecule is CC(=O)CCC(=O)N1CCN(S(=O)(=O)c2ccc(C(C)C)cc2)CC1. The van der Waals surface area contributed by atoms with E-state index in [1.165, 1.54) is 11.2 Å². The molecule has 0 N–H and O–H groups in total. The Morgan fingerprint density at radius 2 is 1.56 bits per heavy atom. The summed E-state index contributed by atoms with van der Waals surface area (Å²) in [6.07, 6.45) is 0.429. The highest BCUT2D eigenvalue weighted by Crippen LogP contribution is 2.21. The van der Waals surface area contributed by atoms with Gasteiger partial charge in [0.15, 0.2) is 0 Å². The van der Waals surface area contributed by atoms with Crippen molar-refractivity contribution in [2.24, 2.45) is 0 Å². The van der Waals surface area contributed by atoms with Crippen molar-refractivity contribution >= 4 is 21.7 Å². The van der Waals surface area contributed by atoms with E-state index >= 15 is 0 Å². The zero-order valence-corrected chi connectivity index (χ0v) is 15.9. The average molecular weight is 366 g/mol. The minimum atomic E-state index is -3.54. The molecule has 1 aromatic rings. The molecular weight excluding hydrogens is 340 g/mol. The molecule has 1 saturated heterocycles. The zero-order chi connectivity index (χ0) is 18.6. The van der Waals surface area contributed by atoms with E-state index in [4.69, 9.17) is 0 Å². The lowest BCUT2D eigenvalue weighted by molar-refractivity contribution is -0.134. The van der Waals surface area contributed by atoms with Gasteiger partial charge in [0, 0.05) is 39.0 Å². The number of piperazine rings is 1. The van der Waals surface area contributed by atoms with Crippen molar-refractivity contribution in [3.8, 4) is 0 Å². The summed E-state index contributed by atoms with van der Waals surface area (Å²) in [5.41, 5.74) is 1.10. The second-order valence-corrected chi connectivity index (χ2v) is 8.65. The number of amides is 1. The first kappa shape index (κ1) is 19.6. The van der Waals surface area contributed by atoms with E-state index in [0.717, 1.165) is 5.56 Å². The van der Waals surface area contributed by atoms with Crippen LogP contribution in [0.3, 0.4) is 0 Å². The smallest absolute Gasteiger partial charge is 0.243 e. The largest absolute Gasteiger partial charge is 0.340 e. The summed E-state index contributed by atoms with van der Waals surface area (Å²) in [6, 6.07) is 6.99. The van der Waals surface area contributed by atoms with Crippen LogP contribution in [0.25, 0.3) is 0 Å². The molecule has 1 aliphatic rings. The van der Waals surface area contributed by atoms with Crippen molar-refractivity contribution in [2.45, 2.75) is 44.4 Å². The van der Waals surface area contributed by atoms with Gasteiger partial charge in [-0.2, -0.15) is 4.31 Å². The van der Waals surface area contributed by atoms with Crippen molar-refractivity contribution in [3.63, 3.8) is 0 Å². The second kappa shape index (κ2) is 8.10. The molecule has 0 unspecified atom stereocenters. The molecule has 0 aromatic heterocycles. The molecule has 2 rings (SSSR count). The molecule has 6 nitrogen and oxygen atoms in total. The fraction of sp³-hybridized carbons (Fsp3) is 0.556. The van der Waals surface area contributed by atoms with Crippen LogP contribution in [0, 0.1) is 0 Å². The predicted octanol–water partition coefficient (Wildman–Crippen LogP) is 2.01.